The number of rotatable bonds is 2. The van der Waals surface area contributed by atoms with Crippen molar-refractivity contribution in [3.8, 4) is 0 Å². The maximum Gasteiger partial charge on any atom is 0.301 e. The second kappa shape index (κ2) is 3.97. The Balaban J connectivity index is 2.11. The number of nitrogens with zero attached hydrogens (tertiary/aromatic N) is 3. The quantitative estimate of drug-likeness (QED) is 0.766. The van der Waals surface area contributed by atoms with Gasteiger partial charge >= 0.3 is 6.01 Å². The number of nitrogens with one attached hydrogen (secondary N) is 1. The van der Waals surface area contributed by atoms with E-state index in [1.807, 2.05) is 0 Å². The summed E-state index contributed by atoms with van der Waals surface area (Å²) in [5, 5.41) is 9.63. The lowest BCUT2D eigenvalue weighted by atomic mass is 10.3. The molecule has 0 aliphatic carbocycles. The van der Waals surface area contributed by atoms with E-state index in [9.17, 15) is 4.79 Å². The average molecular weight is 219 g/mol. The summed E-state index contributed by atoms with van der Waals surface area (Å²) in [5.74, 6) is -0.196. The highest BCUT2D eigenvalue weighted by Crippen LogP contribution is 2.07. The molecule has 0 unspecified atom stereocenters. The van der Waals surface area contributed by atoms with Crippen LogP contribution in [0.4, 0.5) is 11.8 Å². The first-order valence-electron chi connectivity index (χ1n) is 4.48. The summed E-state index contributed by atoms with van der Waals surface area (Å²) in [6, 6.07) is 3.08. The second-order valence-corrected chi connectivity index (χ2v) is 3.09. The molecule has 0 radical (unpaired) electrons. The number of oxazole rings is 1. The van der Waals surface area contributed by atoms with E-state index in [0.717, 1.165) is 0 Å². The lowest BCUT2D eigenvalue weighted by molar-refractivity contribution is 0.101. The van der Waals surface area contributed by atoms with Crippen LogP contribution >= 0.6 is 0 Å². The molecule has 0 saturated carbocycles. The molecule has 7 nitrogen and oxygen atoms in total. The van der Waals surface area contributed by atoms with Crippen molar-refractivity contribution in [2.24, 2.45) is 0 Å². The first kappa shape index (κ1) is 10.1. The number of carbonyl (C=O) groups is 1. The van der Waals surface area contributed by atoms with Crippen molar-refractivity contribution in [2.45, 2.75) is 6.92 Å². The lowest BCUT2D eigenvalue weighted by Gasteiger charge is -1.98. The standard InChI is InChI=1S/C9H9N5O2/c1-5-4-16-9(11-5)12-8(15)6-2-3-7(10)14-13-6/h2-4H,1H3,(H2,10,14)(H,11,12,15). The number of nitrogen functional groups attached to an aromatic ring is 1. The Labute approximate surface area is 90.7 Å². The Kier molecular flexibility index (Phi) is 2.50. The van der Waals surface area contributed by atoms with Gasteiger partial charge in [-0.25, -0.2) is 0 Å². The molecule has 7 heteroatoms. The van der Waals surface area contributed by atoms with E-state index in [1.54, 1.807) is 6.92 Å². The molecule has 3 N–H and O–H groups in total. The normalized spacial score (nSPS) is 10.1. The van der Waals surface area contributed by atoms with Crippen molar-refractivity contribution in [1.82, 2.24) is 15.2 Å². The first-order chi connectivity index (χ1) is 7.65. The summed E-state index contributed by atoms with van der Waals surface area (Å²) < 4.78 is 4.96. The minimum atomic E-state index is -0.450. The fraction of sp³-hybridized carbons (Fsp3) is 0.111. The maximum absolute atomic E-state index is 11.6. The molecule has 2 aromatic heterocycles. The number of carbonyl (C=O) groups excluding carboxylic acids is 1. The van der Waals surface area contributed by atoms with Crippen LogP contribution in [0.1, 0.15) is 16.2 Å². The predicted molar refractivity (Wildman–Crippen MR) is 55.6 cm³/mol. The van der Waals surface area contributed by atoms with Gasteiger partial charge in [0.05, 0.1) is 5.69 Å². The molecule has 2 heterocycles. The van der Waals surface area contributed by atoms with Crippen LogP contribution in [0.2, 0.25) is 0 Å². The predicted octanol–water partition coefficient (Wildman–Crippen LogP) is 0.608. The SMILES string of the molecule is Cc1coc(NC(=O)c2ccc(N)nn2)n1. The van der Waals surface area contributed by atoms with Crippen molar-refractivity contribution in [3.63, 3.8) is 0 Å². The number of hydrogen-bond donors (Lipinski definition) is 2. The minimum Gasteiger partial charge on any atom is -0.432 e. The third kappa shape index (κ3) is 2.14. The van der Waals surface area contributed by atoms with E-state index in [-0.39, 0.29) is 17.5 Å². The van der Waals surface area contributed by atoms with Crippen LogP contribution in [0.25, 0.3) is 0 Å². The van der Waals surface area contributed by atoms with Gasteiger partial charge < -0.3 is 10.2 Å². The van der Waals surface area contributed by atoms with Gasteiger partial charge in [0.15, 0.2) is 5.69 Å². The summed E-state index contributed by atoms with van der Waals surface area (Å²) in [5.41, 5.74) is 6.17. The van der Waals surface area contributed by atoms with E-state index in [0.29, 0.717) is 5.69 Å². The molecular formula is C9H9N5O2. The molecule has 16 heavy (non-hydrogen) atoms. The second-order valence-electron chi connectivity index (χ2n) is 3.09. The van der Waals surface area contributed by atoms with Gasteiger partial charge in [0.1, 0.15) is 12.1 Å². The molecule has 0 spiro atoms. The summed E-state index contributed by atoms with van der Waals surface area (Å²) in [6.07, 6.45) is 1.43. The summed E-state index contributed by atoms with van der Waals surface area (Å²) in [4.78, 5) is 15.5. The van der Waals surface area contributed by atoms with Gasteiger partial charge in [0.2, 0.25) is 0 Å². The fourth-order valence-electron chi connectivity index (χ4n) is 1.04. The smallest absolute Gasteiger partial charge is 0.301 e. The Morgan fingerprint density at radius 1 is 1.44 bits per heavy atom. The zero-order valence-electron chi connectivity index (χ0n) is 8.47. The maximum atomic E-state index is 11.6. The first-order valence-corrected chi connectivity index (χ1v) is 4.48. The topological polar surface area (TPSA) is 107 Å². The minimum absolute atomic E-state index is 0.126. The lowest BCUT2D eigenvalue weighted by Crippen LogP contribution is -2.14. The van der Waals surface area contributed by atoms with Crippen LogP contribution in [0.5, 0.6) is 0 Å². The van der Waals surface area contributed by atoms with Gasteiger partial charge in [-0.3, -0.25) is 10.1 Å². The van der Waals surface area contributed by atoms with Gasteiger partial charge in [0.25, 0.3) is 5.91 Å². The number of aryl methyl sites for hydroxylation is 1. The molecule has 0 aromatic carbocycles. The molecule has 0 aliphatic rings. The molecule has 2 aromatic rings. The average Bonchev–Trinajstić information content (AvgIpc) is 2.65. The van der Waals surface area contributed by atoms with Gasteiger partial charge in [0, 0.05) is 0 Å². The molecule has 0 saturated heterocycles. The Morgan fingerprint density at radius 3 is 2.81 bits per heavy atom. The zero-order chi connectivity index (χ0) is 11.5. The van der Waals surface area contributed by atoms with Gasteiger partial charge in [-0.05, 0) is 19.1 Å². The summed E-state index contributed by atoms with van der Waals surface area (Å²) in [6.45, 7) is 1.75. The fourth-order valence-corrected chi connectivity index (χ4v) is 1.04. The van der Waals surface area contributed by atoms with Gasteiger partial charge in [-0.15, -0.1) is 10.2 Å². The summed E-state index contributed by atoms with van der Waals surface area (Å²) in [7, 11) is 0. The van der Waals surface area contributed by atoms with Crippen molar-refractivity contribution in [1.29, 1.82) is 0 Å². The van der Waals surface area contributed by atoms with E-state index >= 15 is 0 Å². The number of nitrogens with two attached hydrogens (primary N) is 1. The van der Waals surface area contributed by atoms with Crippen LogP contribution in [-0.4, -0.2) is 21.1 Å². The molecule has 82 valence electrons. The number of amides is 1. The number of anilines is 2. The molecule has 0 fully saturated rings. The van der Waals surface area contributed by atoms with E-state index in [1.165, 1.54) is 18.4 Å². The Hall–Kier alpha value is -2.44. The van der Waals surface area contributed by atoms with E-state index < -0.39 is 5.91 Å². The third-order valence-corrected chi connectivity index (χ3v) is 1.76. The third-order valence-electron chi connectivity index (χ3n) is 1.76. The van der Waals surface area contributed by atoms with Gasteiger partial charge in [-0.2, -0.15) is 4.98 Å². The van der Waals surface area contributed by atoms with Crippen LogP contribution in [0.15, 0.2) is 22.8 Å². The Bertz CT molecular complexity index is 505. The molecule has 1 amide bonds. The molecule has 0 bridgehead atoms. The highest BCUT2D eigenvalue weighted by atomic mass is 16.4. The van der Waals surface area contributed by atoms with Crippen LogP contribution < -0.4 is 11.1 Å². The highest BCUT2D eigenvalue weighted by molar-refractivity contribution is 6.01. The highest BCUT2D eigenvalue weighted by Gasteiger charge is 2.10. The summed E-state index contributed by atoms with van der Waals surface area (Å²) >= 11 is 0. The zero-order valence-corrected chi connectivity index (χ0v) is 8.47. The van der Waals surface area contributed by atoms with Crippen LogP contribution in [0, 0.1) is 6.92 Å². The van der Waals surface area contributed by atoms with Crippen molar-refractivity contribution < 1.29 is 9.21 Å². The van der Waals surface area contributed by atoms with Crippen LogP contribution in [0.3, 0.4) is 0 Å². The molecule has 0 aliphatic heterocycles. The Morgan fingerprint density at radius 2 is 2.25 bits per heavy atom. The van der Waals surface area contributed by atoms with Gasteiger partial charge in [-0.1, -0.05) is 0 Å². The largest absolute Gasteiger partial charge is 0.432 e. The van der Waals surface area contributed by atoms with Crippen LogP contribution in [-0.2, 0) is 0 Å². The number of hydrogen-bond acceptors (Lipinski definition) is 6. The van der Waals surface area contributed by atoms with Crippen molar-refractivity contribution in [3.05, 3.63) is 29.8 Å². The van der Waals surface area contributed by atoms with Crippen molar-refractivity contribution in [2.75, 3.05) is 11.1 Å². The molecule has 2 rings (SSSR count). The number of aromatic nitrogens is 3. The van der Waals surface area contributed by atoms with Crippen molar-refractivity contribution >= 4 is 17.7 Å². The van der Waals surface area contributed by atoms with E-state index in [4.69, 9.17) is 10.2 Å². The van der Waals surface area contributed by atoms with E-state index in [2.05, 4.69) is 20.5 Å². The molecular weight excluding hydrogens is 210 g/mol. The monoisotopic (exact) mass is 219 g/mol. The molecule has 0 atom stereocenters.